The topological polar surface area (TPSA) is 40.5 Å². The fourth-order valence-corrected chi connectivity index (χ4v) is 1.44. The van der Waals surface area contributed by atoms with Gasteiger partial charge in [0.15, 0.2) is 0 Å². The van der Waals surface area contributed by atoms with Gasteiger partial charge in [-0.2, -0.15) is 0 Å². The number of rotatable bonds is 3. The second-order valence-corrected chi connectivity index (χ2v) is 3.83. The third-order valence-electron chi connectivity index (χ3n) is 1.82. The molecule has 3 nitrogen and oxygen atoms in total. The summed E-state index contributed by atoms with van der Waals surface area (Å²) >= 11 is 3.30. The minimum Gasteiger partial charge on any atom is -0.465 e. The first-order valence-corrected chi connectivity index (χ1v) is 5.20. The van der Waals surface area contributed by atoms with Crippen LogP contribution in [0, 0.1) is 0 Å². The number of hydrogen-bond acceptors (Lipinski definition) is 1. The van der Waals surface area contributed by atoms with E-state index in [-0.39, 0.29) is 0 Å². The molecule has 0 heterocycles. The minimum atomic E-state index is -0.908. The van der Waals surface area contributed by atoms with Crippen molar-refractivity contribution in [1.82, 2.24) is 0 Å². The molecule has 0 bridgehead atoms. The number of anilines is 1. The van der Waals surface area contributed by atoms with E-state index in [1.165, 1.54) is 4.90 Å². The predicted molar refractivity (Wildman–Crippen MR) is 59.8 cm³/mol. The zero-order valence-electron chi connectivity index (χ0n) is 7.90. The molecule has 4 heteroatoms. The molecule has 1 rings (SSSR count). The van der Waals surface area contributed by atoms with Crippen LogP contribution in [0.4, 0.5) is 10.5 Å². The maximum Gasteiger partial charge on any atom is 0.411 e. The van der Waals surface area contributed by atoms with Crippen molar-refractivity contribution in [3.63, 3.8) is 0 Å². The zero-order valence-corrected chi connectivity index (χ0v) is 9.49. The highest BCUT2D eigenvalue weighted by Gasteiger charge is 2.12. The molecule has 0 aliphatic heterocycles. The molecule has 1 amide bonds. The standard InChI is InChI=1S/C10H12BrNO2/c1-2-7-12(10(13)14)9-5-3-8(11)4-6-9/h3-6H,2,7H2,1H3,(H,13,14). The molecule has 0 atom stereocenters. The molecule has 0 aromatic heterocycles. The monoisotopic (exact) mass is 257 g/mol. The van der Waals surface area contributed by atoms with Gasteiger partial charge in [-0.1, -0.05) is 22.9 Å². The summed E-state index contributed by atoms with van der Waals surface area (Å²) < 4.78 is 0.947. The lowest BCUT2D eigenvalue weighted by Gasteiger charge is -2.18. The highest BCUT2D eigenvalue weighted by Crippen LogP contribution is 2.18. The first-order valence-electron chi connectivity index (χ1n) is 4.41. The van der Waals surface area contributed by atoms with Gasteiger partial charge in [-0.3, -0.25) is 4.90 Å². The van der Waals surface area contributed by atoms with Crippen LogP contribution >= 0.6 is 15.9 Å². The average Bonchev–Trinajstić information content (AvgIpc) is 2.15. The van der Waals surface area contributed by atoms with Crippen LogP contribution in [-0.2, 0) is 0 Å². The molecule has 0 unspecified atom stereocenters. The van der Waals surface area contributed by atoms with Crippen LogP contribution < -0.4 is 4.90 Å². The average molecular weight is 258 g/mol. The highest BCUT2D eigenvalue weighted by molar-refractivity contribution is 9.10. The van der Waals surface area contributed by atoms with Crippen LogP contribution in [0.2, 0.25) is 0 Å². The second-order valence-electron chi connectivity index (χ2n) is 2.91. The SMILES string of the molecule is CCCN(C(=O)O)c1ccc(Br)cc1. The lowest BCUT2D eigenvalue weighted by atomic mass is 10.3. The summed E-state index contributed by atoms with van der Waals surface area (Å²) in [6.07, 6.45) is -0.100. The summed E-state index contributed by atoms with van der Waals surface area (Å²) in [6.45, 7) is 2.48. The van der Waals surface area contributed by atoms with E-state index >= 15 is 0 Å². The van der Waals surface area contributed by atoms with Crippen molar-refractivity contribution >= 4 is 27.7 Å². The van der Waals surface area contributed by atoms with Gasteiger partial charge in [-0.25, -0.2) is 4.79 Å². The minimum absolute atomic E-state index is 0.525. The van der Waals surface area contributed by atoms with Crippen LogP contribution in [0.5, 0.6) is 0 Å². The predicted octanol–water partition coefficient (Wildman–Crippen LogP) is 3.34. The lowest BCUT2D eigenvalue weighted by Crippen LogP contribution is -2.29. The van der Waals surface area contributed by atoms with Gasteiger partial charge < -0.3 is 5.11 Å². The Hall–Kier alpha value is -1.03. The molecule has 1 aromatic carbocycles. The molecule has 0 fully saturated rings. The Morgan fingerprint density at radius 3 is 2.43 bits per heavy atom. The van der Waals surface area contributed by atoms with E-state index in [9.17, 15) is 4.79 Å². The number of halogens is 1. The van der Waals surface area contributed by atoms with E-state index in [1.54, 1.807) is 12.1 Å². The summed E-state index contributed by atoms with van der Waals surface area (Å²) in [7, 11) is 0. The first kappa shape index (κ1) is 11.0. The number of carbonyl (C=O) groups is 1. The largest absolute Gasteiger partial charge is 0.465 e. The summed E-state index contributed by atoms with van der Waals surface area (Å²) in [4.78, 5) is 12.2. The fraction of sp³-hybridized carbons (Fsp3) is 0.300. The van der Waals surface area contributed by atoms with Gasteiger partial charge in [0.2, 0.25) is 0 Å². The van der Waals surface area contributed by atoms with Crippen LogP contribution in [0.1, 0.15) is 13.3 Å². The third kappa shape index (κ3) is 2.73. The van der Waals surface area contributed by atoms with Crippen LogP contribution in [0.15, 0.2) is 28.7 Å². The molecule has 0 radical (unpaired) electrons. The molecular formula is C10H12BrNO2. The van der Waals surface area contributed by atoms with Crippen molar-refractivity contribution < 1.29 is 9.90 Å². The smallest absolute Gasteiger partial charge is 0.411 e. The second kappa shape index (κ2) is 5.00. The van der Waals surface area contributed by atoms with Gasteiger partial charge in [0, 0.05) is 16.7 Å². The molecule has 0 aliphatic carbocycles. The summed E-state index contributed by atoms with van der Waals surface area (Å²) in [5.41, 5.74) is 0.711. The number of hydrogen-bond donors (Lipinski definition) is 1. The fourth-order valence-electron chi connectivity index (χ4n) is 1.18. The zero-order chi connectivity index (χ0) is 10.6. The number of nitrogens with zero attached hydrogens (tertiary/aromatic N) is 1. The van der Waals surface area contributed by atoms with Gasteiger partial charge >= 0.3 is 6.09 Å². The molecule has 0 saturated carbocycles. The van der Waals surface area contributed by atoms with Gasteiger partial charge in [-0.15, -0.1) is 0 Å². The van der Waals surface area contributed by atoms with E-state index in [4.69, 9.17) is 5.11 Å². The van der Waals surface area contributed by atoms with Crippen LogP contribution in [-0.4, -0.2) is 17.7 Å². The normalized spacial score (nSPS) is 9.86. The number of benzene rings is 1. The van der Waals surface area contributed by atoms with Gasteiger partial charge in [0.25, 0.3) is 0 Å². The molecule has 0 aliphatic rings. The Bertz CT molecular complexity index is 310. The van der Waals surface area contributed by atoms with E-state index in [2.05, 4.69) is 15.9 Å². The van der Waals surface area contributed by atoms with Crippen LogP contribution in [0.25, 0.3) is 0 Å². The number of amides is 1. The molecule has 1 aromatic rings. The summed E-state index contributed by atoms with van der Waals surface area (Å²) in [6, 6.07) is 7.24. The quantitative estimate of drug-likeness (QED) is 0.903. The molecular weight excluding hydrogens is 246 g/mol. The number of carboxylic acid groups (broad SMARTS) is 1. The van der Waals surface area contributed by atoms with E-state index < -0.39 is 6.09 Å². The Balaban J connectivity index is 2.87. The first-order chi connectivity index (χ1) is 6.65. The van der Waals surface area contributed by atoms with Crippen molar-refractivity contribution in [2.75, 3.05) is 11.4 Å². The molecule has 76 valence electrons. The Morgan fingerprint density at radius 1 is 1.43 bits per heavy atom. The lowest BCUT2D eigenvalue weighted by molar-refractivity contribution is 0.202. The van der Waals surface area contributed by atoms with Crippen molar-refractivity contribution in [1.29, 1.82) is 0 Å². The maximum atomic E-state index is 10.9. The highest BCUT2D eigenvalue weighted by atomic mass is 79.9. The van der Waals surface area contributed by atoms with Gasteiger partial charge in [-0.05, 0) is 30.7 Å². The molecule has 0 spiro atoms. The summed E-state index contributed by atoms with van der Waals surface area (Å²) in [5, 5.41) is 8.94. The van der Waals surface area contributed by atoms with Crippen molar-refractivity contribution in [3.05, 3.63) is 28.7 Å². The Kier molecular flexibility index (Phi) is 3.95. The van der Waals surface area contributed by atoms with Crippen molar-refractivity contribution in [2.45, 2.75) is 13.3 Å². The van der Waals surface area contributed by atoms with E-state index in [0.717, 1.165) is 10.9 Å². The van der Waals surface area contributed by atoms with Crippen molar-refractivity contribution in [3.8, 4) is 0 Å². The maximum absolute atomic E-state index is 10.9. The van der Waals surface area contributed by atoms with Crippen LogP contribution in [0.3, 0.4) is 0 Å². The third-order valence-corrected chi connectivity index (χ3v) is 2.35. The molecule has 0 saturated heterocycles. The van der Waals surface area contributed by atoms with Gasteiger partial charge in [0.1, 0.15) is 0 Å². The van der Waals surface area contributed by atoms with E-state index in [0.29, 0.717) is 12.2 Å². The van der Waals surface area contributed by atoms with Gasteiger partial charge in [0.05, 0.1) is 0 Å². The molecule has 14 heavy (non-hydrogen) atoms. The molecule has 1 N–H and O–H groups in total. The summed E-state index contributed by atoms with van der Waals surface area (Å²) in [5.74, 6) is 0. The van der Waals surface area contributed by atoms with Crippen molar-refractivity contribution in [2.24, 2.45) is 0 Å². The Morgan fingerprint density at radius 2 is 2.00 bits per heavy atom. The Labute approximate surface area is 91.5 Å². The van der Waals surface area contributed by atoms with E-state index in [1.807, 2.05) is 19.1 Å².